The molecular weight excluding hydrogens is 363 g/mol. The molecule has 0 unspecified atom stereocenters. The van der Waals surface area contributed by atoms with E-state index < -0.39 is 24.3 Å². The van der Waals surface area contributed by atoms with E-state index in [1.165, 1.54) is 29.1 Å². The van der Waals surface area contributed by atoms with Crippen molar-refractivity contribution in [3.63, 3.8) is 0 Å². The van der Waals surface area contributed by atoms with Crippen LogP contribution in [0.4, 0.5) is 13.2 Å². The molecule has 1 fully saturated rings. The number of hydrogen-bond acceptors (Lipinski definition) is 4. The van der Waals surface area contributed by atoms with Crippen molar-refractivity contribution < 1.29 is 22.7 Å². The van der Waals surface area contributed by atoms with Crippen molar-refractivity contribution in [2.75, 3.05) is 13.2 Å². The zero-order chi connectivity index (χ0) is 19.4. The lowest BCUT2D eigenvalue weighted by molar-refractivity contribution is -0.137. The fourth-order valence-electron chi connectivity index (χ4n) is 2.49. The van der Waals surface area contributed by atoms with Crippen molar-refractivity contribution >= 4 is 5.91 Å². The second-order valence-corrected chi connectivity index (χ2v) is 6.28. The summed E-state index contributed by atoms with van der Waals surface area (Å²) < 4.78 is 44.4. The summed E-state index contributed by atoms with van der Waals surface area (Å²) in [4.78, 5) is 28.0. The molecule has 0 radical (unpaired) electrons. The van der Waals surface area contributed by atoms with Gasteiger partial charge in [0.05, 0.1) is 17.6 Å². The van der Waals surface area contributed by atoms with Crippen LogP contribution < -0.4 is 15.6 Å². The Morgan fingerprint density at radius 3 is 2.74 bits per heavy atom. The SMILES string of the molecule is O=C(COc1cccc(C(F)(F)F)c1)NCCn1cnc(C2CC2)cc1=O. The van der Waals surface area contributed by atoms with E-state index in [1.54, 1.807) is 0 Å². The van der Waals surface area contributed by atoms with Gasteiger partial charge in [-0.15, -0.1) is 0 Å². The standard InChI is InChI=1S/C18H18F3N3O3/c19-18(20,21)13-2-1-3-14(8-13)27-10-16(25)22-6-7-24-11-23-15(9-17(24)26)12-4-5-12/h1-3,8-9,11-12H,4-7,10H2,(H,22,25). The van der Waals surface area contributed by atoms with Crippen LogP contribution in [0.25, 0.3) is 0 Å². The predicted octanol–water partition coefficient (Wildman–Crippen LogP) is 2.33. The van der Waals surface area contributed by atoms with E-state index in [1.807, 2.05) is 0 Å². The lowest BCUT2D eigenvalue weighted by atomic mass is 10.2. The Bertz CT molecular complexity index is 876. The number of nitrogens with zero attached hydrogens (tertiary/aromatic N) is 2. The van der Waals surface area contributed by atoms with Crippen LogP contribution in [0.3, 0.4) is 0 Å². The maximum atomic E-state index is 12.6. The number of amides is 1. The van der Waals surface area contributed by atoms with Gasteiger partial charge in [-0.3, -0.25) is 14.2 Å². The van der Waals surface area contributed by atoms with Gasteiger partial charge in [0.2, 0.25) is 0 Å². The van der Waals surface area contributed by atoms with Gasteiger partial charge in [0.1, 0.15) is 5.75 Å². The molecule has 9 heteroatoms. The molecule has 27 heavy (non-hydrogen) atoms. The largest absolute Gasteiger partial charge is 0.484 e. The van der Waals surface area contributed by atoms with E-state index >= 15 is 0 Å². The molecule has 2 aromatic rings. The molecule has 1 amide bonds. The van der Waals surface area contributed by atoms with Gasteiger partial charge in [0.25, 0.3) is 11.5 Å². The molecule has 3 rings (SSSR count). The highest BCUT2D eigenvalue weighted by Crippen LogP contribution is 2.38. The van der Waals surface area contributed by atoms with Crippen molar-refractivity contribution in [1.29, 1.82) is 0 Å². The highest BCUT2D eigenvalue weighted by molar-refractivity contribution is 5.77. The number of rotatable bonds is 7. The number of carbonyl (C=O) groups is 1. The molecule has 1 saturated carbocycles. The Balaban J connectivity index is 1.44. The van der Waals surface area contributed by atoms with Crippen molar-refractivity contribution in [2.24, 2.45) is 0 Å². The Labute approximate surface area is 153 Å². The summed E-state index contributed by atoms with van der Waals surface area (Å²) in [5.41, 5.74) is -0.224. The molecule has 1 aromatic carbocycles. The zero-order valence-corrected chi connectivity index (χ0v) is 14.3. The number of ether oxygens (including phenoxy) is 1. The van der Waals surface area contributed by atoms with Crippen LogP contribution in [0.2, 0.25) is 0 Å². The van der Waals surface area contributed by atoms with Crippen LogP contribution in [0.1, 0.15) is 30.0 Å². The van der Waals surface area contributed by atoms with Crippen LogP contribution in [0, 0.1) is 0 Å². The fraction of sp³-hybridized carbons (Fsp3) is 0.389. The summed E-state index contributed by atoms with van der Waals surface area (Å²) >= 11 is 0. The maximum Gasteiger partial charge on any atom is 0.416 e. The van der Waals surface area contributed by atoms with E-state index in [9.17, 15) is 22.8 Å². The van der Waals surface area contributed by atoms with Crippen LogP contribution in [-0.2, 0) is 17.5 Å². The summed E-state index contributed by atoms with van der Waals surface area (Å²) in [6, 6.07) is 5.82. The van der Waals surface area contributed by atoms with Crippen LogP contribution in [-0.4, -0.2) is 28.6 Å². The minimum absolute atomic E-state index is 0.0453. The van der Waals surface area contributed by atoms with E-state index in [0.29, 0.717) is 5.92 Å². The van der Waals surface area contributed by atoms with Crippen molar-refractivity contribution in [3.05, 3.63) is 58.3 Å². The Morgan fingerprint density at radius 1 is 1.30 bits per heavy atom. The van der Waals surface area contributed by atoms with Gasteiger partial charge in [0.15, 0.2) is 6.61 Å². The van der Waals surface area contributed by atoms with Crippen molar-refractivity contribution in [1.82, 2.24) is 14.9 Å². The minimum atomic E-state index is -4.47. The summed E-state index contributed by atoms with van der Waals surface area (Å²) in [6.07, 6.45) is -0.907. The van der Waals surface area contributed by atoms with Gasteiger partial charge < -0.3 is 10.1 Å². The zero-order valence-electron chi connectivity index (χ0n) is 14.3. The molecule has 1 N–H and O–H groups in total. The third-order valence-corrected chi connectivity index (χ3v) is 4.10. The number of carbonyl (C=O) groups excluding carboxylic acids is 1. The van der Waals surface area contributed by atoms with Crippen molar-refractivity contribution in [3.8, 4) is 5.75 Å². The summed E-state index contributed by atoms with van der Waals surface area (Å²) in [6.45, 7) is -0.00367. The molecule has 0 bridgehead atoms. The monoisotopic (exact) mass is 381 g/mol. The van der Waals surface area contributed by atoms with Gasteiger partial charge in [-0.2, -0.15) is 13.2 Å². The molecular formula is C18H18F3N3O3. The topological polar surface area (TPSA) is 73.2 Å². The van der Waals surface area contributed by atoms with E-state index in [4.69, 9.17) is 4.74 Å². The second-order valence-electron chi connectivity index (χ2n) is 6.28. The summed E-state index contributed by atoms with van der Waals surface area (Å²) in [7, 11) is 0. The molecule has 0 saturated heterocycles. The Morgan fingerprint density at radius 2 is 2.07 bits per heavy atom. The third kappa shape index (κ3) is 5.32. The summed E-state index contributed by atoms with van der Waals surface area (Å²) in [5.74, 6) is -0.154. The lowest BCUT2D eigenvalue weighted by Crippen LogP contribution is -2.33. The van der Waals surface area contributed by atoms with E-state index in [-0.39, 0.29) is 24.4 Å². The number of alkyl halides is 3. The number of aromatic nitrogens is 2. The van der Waals surface area contributed by atoms with Gasteiger partial charge >= 0.3 is 6.18 Å². The lowest BCUT2D eigenvalue weighted by Gasteiger charge is -2.11. The Hall–Kier alpha value is -2.84. The molecule has 6 nitrogen and oxygen atoms in total. The van der Waals surface area contributed by atoms with Crippen LogP contribution in [0.5, 0.6) is 5.75 Å². The quantitative estimate of drug-likeness (QED) is 0.799. The maximum absolute atomic E-state index is 12.6. The normalized spacial score (nSPS) is 14.0. The predicted molar refractivity (Wildman–Crippen MR) is 90.4 cm³/mol. The van der Waals surface area contributed by atoms with Crippen LogP contribution >= 0.6 is 0 Å². The first-order chi connectivity index (χ1) is 12.8. The molecule has 1 aliphatic carbocycles. The molecule has 0 atom stereocenters. The average molecular weight is 381 g/mol. The molecule has 1 aliphatic rings. The first-order valence-electron chi connectivity index (χ1n) is 8.46. The molecule has 1 heterocycles. The average Bonchev–Trinajstić information content (AvgIpc) is 3.46. The van der Waals surface area contributed by atoms with Gasteiger partial charge in [-0.1, -0.05) is 6.07 Å². The van der Waals surface area contributed by atoms with E-state index in [2.05, 4.69) is 10.3 Å². The van der Waals surface area contributed by atoms with Crippen molar-refractivity contribution in [2.45, 2.75) is 31.5 Å². The summed E-state index contributed by atoms with van der Waals surface area (Å²) in [5, 5.41) is 2.55. The number of halogens is 3. The molecule has 144 valence electrons. The van der Waals surface area contributed by atoms with E-state index in [0.717, 1.165) is 30.7 Å². The number of nitrogens with one attached hydrogen (secondary N) is 1. The third-order valence-electron chi connectivity index (χ3n) is 4.10. The van der Waals surface area contributed by atoms with Gasteiger partial charge in [-0.25, -0.2) is 4.98 Å². The smallest absolute Gasteiger partial charge is 0.416 e. The molecule has 1 aromatic heterocycles. The van der Waals surface area contributed by atoms with Gasteiger partial charge in [-0.05, 0) is 31.0 Å². The number of hydrogen-bond donors (Lipinski definition) is 1. The first-order valence-corrected chi connectivity index (χ1v) is 8.46. The second kappa shape index (κ2) is 7.81. The highest BCUT2D eigenvalue weighted by atomic mass is 19.4. The fourth-order valence-corrected chi connectivity index (χ4v) is 2.49. The first kappa shape index (κ1) is 18.9. The van der Waals surface area contributed by atoms with Crippen LogP contribution in [0.15, 0.2) is 41.5 Å². The minimum Gasteiger partial charge on any atom is -0.484 e. The molecule has 0 spiro atoms. The Kier molecular flexibility index (Phi) is 5.48. The number of benzene rings is 1. The highest BCUT2D eigenvalue weighted by Gasteiger charge is 2.30. The van der Waals surface area contributed by atoms with Gasteiger partial charge in [0, 0.05) is 25.1 Å². The molecule has 0 aliphatic heterocycles.